The van der Waals surface area contributed by atoms with Gasteiger partial charge in [-0.1, -0.05) is 50.5 Å². The average Bonchev–Trinajstić information content (AvgIpc) is 3.14. The highest BCUT2D eigenvalue weighted by atomic mass is 16.5. The van der Waals surface area contributed by atoms with E-state index in [4.69, 9.17) is 4.52 Å². The molecule has 2 heterocycles. The van der Waals surface area contributed by atoms with E-state index < -0.39 is 0 Å². The molecular weight excluding hydrogens is 344 g/mol. The summed E-state index contributed by atoms with van der Waals surface area (Å²) in [5.41, 5.74) is 0.964. The summed E-state index contributed by atoms with van der Waals surface area (Å²) < 4.78 is 6.85. The molecule has 7 heteroatoms. The zero-order valence-electron chi connectivity index (χ0n) is 15.9. The van der Waals surface area contributed by atoms with Crippen LogP contribution < -0.4 is 10.9 Å². The molecule has 0 spiro atoms. The van der Waals surface area contributed by atoms with E-state index in [0.717, 1.165) is 18.2 Å². The number of aromatic nitrogens is 3. The van der Waals surface area contributed by atoms with Crippen LogP contribution in [0.1, 0.15) is 45.4 Å². The molecule has 142 valence electrons. The third-order valence-electron chi connectivity index (χ3n) is 4.36. The van der Waals surface area contributed by atoms with Crippen LogP contribution in [0.5, 0.6) is 0 Å². The summed E-state index contributed by atoms with van der Waals surface area (Å²) >= 11 is 0. The lowest BCUT2D eigenvalue weighted by atomic mass is 10.1. The van der Waals surface area contributed by atoms with Crippen molar-refractivity contribution in [1.82, 2.24) is 20.0 Å². The summed E-state index contributed by atoms with van der Waals surface area (Å²) in [7, 11) is 0. The monoisotopic (exact) mass is 368 g/mol. The predicted molar refractivity (Wildman–Crippen MR) is 104 cm³/mol. The second-order valence-corrected chi connectivity index (χ2v) is 6.82. The minimum absolute atomic E-state index is 0.0234. The van der Waals surface area contributed by atoms with Gasteiger partial charge in [0.2, 0.25) is 5.91 Å². The van der Waals surface area contributed by atoms with Crippen LogP contribution in [0.4, 0.5) is 0 Å². The van der Waals surface area contributed by atoms with Gasteiger partial charge in [0, 0.05) is 23.9 Å². The van der Waals surface area contributed by atoms with Crippen molar-refractivity contribution in [2.45, 2.75) is 46.1 Å². The third kappa shape index (κ3) is 4.07. The molecule has 0 bridgehead atoms. The summed E-state index contributed by atoms with van der Waals surface area (Å²) in [5, 5.41) is 7.62. The molecule has 0 aliphatic heterocycles. The van der Waals surface area contributed by atoms with E-state index in [1.54, 1.807) is 0 Å². The summed E-state index contributed by atoms with van der Waals surface area (Å²) in [6, 6.07) is 8.87. The Labute approximate surface area is 157 Å². The number of nitrogens with one attached hydrogen (secondary N) is 1. The standard InChI is InChI=1S/C20H24N4O3/c1-4-5-10-21-17(25)12-24-16-9-7-6-8-14(16)15(11-18(24)26)20-22-19(13(2)3)23-27-20/h6-9,11,13H,4-5,10,12H2,1-3H3,(H,21,25). The van der Waals surface area contributed by atoms with Gasteiger partial charge in [-0.05, 0) is 12.5 Å². The van der Waals surface area contributed by atoms with Crippen molar-refractivity contribution < 1.29 is 9.32 Å². The van der Waals surface area contributed by atoms with Gasteiger partial charge in [0.05, 0.1) is 11.1 Å². The lowest BCUT2D eigenvalue weighted by Gasteiger charge is -2.12. The largest absolute Gasteiger partial charge is 0.355 e. The van der Waals surface area contributed by atoms with Gasteiger partial charge in [-0.15, -0.1) is 0 Å². The van der Waals surface area contributed by atoms with Crippen molar-refractivity contribution in [1.29, 1.82) is 0 Å². The normalized spacial score (nSPS) is 11.3. The number of pyridine rings is 1. The first-order chi connectivity index (χ1) is 13.0. The summed E-state index contributed by atoms with van der Waals surface area (Å²) in [5.74, 6) is 0.851. The van der Waals surface area contributed by atoms with E-state index in [2.05, 4.69) is 22.4 Å². The van der Waals surface area contributed by atoms with E-state index in [0.29, 0.717) is 29.3 Å². The first-order valence-corrected chi connectivity index (χ1v) is 9.24. The average molecular weight is 368 g/mol. The lowest BCUT2D eigenvalue weighted by Crippen LogP contribution is -2.32. The molecule has 1 aromatic carbocycles. The fourth-order valence-corrected chi connectivity index (χ4v) is 2.86. The van der Waals surface area contributed by atoms with Gasteiger partial charge >= 0.3 is 0 Å². The topological polar surface area (TPSA) is 90.0 Å². The number of benzene rings is 1. The lowest BCUT2D eigenvalue weighted by molar-refractivity contribution is -0.121. The van der Waals surface area contributed by atoms with Crippen LogP contribution >= 0.6 is 0 Å². The van der Waals surface area contributed by atoms with E-state index in [-0.39, 0.29) is 23.9 Å². The zero-order valence-corrected chi connectivity index (χ0v) is 15.9. The van der Waals surface area contributed by atoms with Gasteiger partial charge in [0.15, 0.2) is 5.82 Å². The van der Waals surface area contributed by atoms with Gasteiger partial charge in [-0.25, -0.2) is 0 Å². The molecule has 0 saturated heterocycles. The molecule has 0 atom stereocenters. The van der Waals surface area contributed by atoms with Crippen molar-refractivity contribution in [2.24, 2.45) is 0 Å². The van der Waals surface area contributed by atoms with Crippen molar-refractivity contribution in [3.63, 3.8) is 0 Å². The smallest absolute Gasteiger partial charge is 0.258 e. The quantitative estimate of drug-likeness (QED) is 0.647. The van der Waals surface area contributed by atoms with Crippen LogP contribution in [-0.2, 0) is 11.3 Å². The minimum atomic E-state index is -0.279. The number of carbonyl (C=O) groups excluding carboxylic acids is 1. The van der Waals surface area contributed by atoms with Gasteiger partial charge < -0.3 is 9.84 Å². The predicted octanol–water partition coefficient (Wildman–Crippen LogP) is 3.09. The molecule has 0 saturated carbocycles. The highest BCUT2D eigenvalue weighted by Crippen LogP contribution is 2.27. The molecule has 1 N–H and O–H groups in total. The maximum absolute atomic E-state index is 12.7. The number of hydrogen-bond acceptors (Lipinski definition) is 5. The van der Waals surface area contributed by atoms with E-state index in [9.17, 15) is 9.59 Å². The molecule has 0 aliphatic carbocycles. The Hall–Kier alpha value is -2.96. The molecule has 0 unspecified atom stereocenters. The number of amides is 1. The van der Waals surface area contributed by atoms with E-state index in [1.807, 2.05) is 38.1 Å². The summed E-state index contributed by atoms with van der Waals surface area (Å²) in [6.07, 6.45) is 1.91. The highest BCUT2D eigenvalue weighted by Gasteiger charge is 2.17. The first-order valence-electron chi connectivity index (χ1n) is 9.24. The Morgan fingerprint density at radius 3 is 2.78 bits per heavy atom. The van der Waals surface area contributed by atoms with Crippen LogP contribution in [-0.4, -0.2) is 27.2 Å². The number of para-hydroxylation sites is 1. The van der Waals surface area contributed by atoms with Crippen molar-refractivity contribution in [3.8, 4) is 11.5 Å². The van der Waals surface area contributed by atoms with Gasteiger partial charge in [-0.3, -0.25) is 14.2 Å². The number of hydrogen-bond donors (Lipinski definition) is 1. The van der Waals surface area contributed by atoms with Crippen LogP contribution in [0.25, 0.3) is 22.4 Å². The van der Waals surface area contributed by atoms with Crippen molar-refractivity contribution in [3.05, 3.63) is 46.5 Å². The number of rotatable bonds is 7. The number of unbranched alkanes of at least 4 members (excludes halogenated alkanes) is 1. The Bertz CT molecular complexity index is 1000. The number of nitrogens with zero attached hydrogens (tertiary/aromatic N) is 3. The van der Waals surface area contributed by atoms with Gasteiger partial charge in [0.25, 0.3) is 11.4 Å². The molecular formula is C20H24N4O3. The Morgan fingerprint density at radius 2 is 2.07 bits per heavy atom. The molecule has 3 rings (SSSR count). The van der Waals surface area contributed by atoms with Crippen LogP contribution in [0.2, 0.25) is 0 Å². The molecule has 0 aliphatic rings. The van der Waals surface area contributed by atoms with Crippen LogP contribution in [0.15, 0.2) is 39.6 Å². The SMILES string of the molecule is CCCCNC(=O)Cn1c(=O)cc(-c2nc(C(C)C)no2)c2ccccc21. The number of carbonyl (C=O) groups is 1. The van der Waals surface area contributed by atoms with Gasteiger partial charge in [-0.2, -0.15) is 4.98 Å². The molecule has 0 radical (unpaired) electrons. The Morgan fingerprint density at radius 1 is 1.30 bits per heavy atom. The Kier molecular flexibility index (Phi) is 5.69. The molecule has 3 aromatic rings. The molecule has 2 aromatic heterocycles. The third-order valence-corrected chi connectivity index (χ3v) is 4.36. The first kappa shape index (κ1) is 18.8. The maximum Gasteiger partial charge on any atom is 0.258 e. The summed E-state index contributed by atoms with van der Waals surface area (Å²) in [6.45, 7) is 6.60. The molecule has 1 amide bonds. The minimum Gasteiger partial charge on any atom is -0.355 e. The second kappa shape index (κ2) is 8.16. The van der Waals surface area contributed by atoms with Crippen LogP contribution in [0, 0.1) is 0 Å². The van der Waals surface area contributed by atoms with Crippen LogP contribution in [0.3, 0.4) is 0 Å². The van der Waals surface area contributed by atoms with E-state index >= 15 is 0 Å². The van der Waals surface area contributed by atoms with Crippen molar-refractivity contribution in [2.75, 3.05) is 6.54 Å². The fourth-order valence-electron chi connectivity index (χ4n) is 2.86. The Balaban J connectivity index is 2.02. The molecule has 27 heavy (non-hydrogen) atoms. The van der Waals surface area contributed by atoms with E-state index in [1.165, 1.54) is 10.6 Å². The fraction of sp³-hybridized carbons (Fsp3) is 0.400. The maximum atomic E-state index is 12.7. The highest BCUT2D eigenvalue weighted by molar-refractivity contribution is 5.93. The van der Waals surface area contributed by atoms with Crippen molar-refractivity contribution >= 4 is 16.8 Å². The molecule has 7 nitrogen and oxygen atoms in total. The molecule has 0 fully saturated rings. The van der Waals surface area contributed by atoms with Gasteiger partial charge in [0.1, 0.15) is 6.54 Å². The second-order valence-electron chi connectivity index (χ2n) is 6.82. The number of fused-ring (bicyclic) bond motifs is 1. The summed E-state index contributed by atoms with van der Waals surface area (Å²) in [4.78, 5) is 29.3. The zero-order chi connectivity index (χ0) is 19.4.